The van der Waals surface area contributed by atoms with Crippen molar-refractivity contribution in [2.24, 2.45) is 0 Å². The van der Waals surface area contributed by atoms with Crippen molar-refractivity contribution >= 4 is 23.2 Å². The molecule has 3 nitrogen and oxygen atoms in total. The van der Waals surface area contributed by atoms with Crippen LogP contribution in [0.5, 0.6) is 0 Å². The lowest BCUT2D eigenvalue weighted by Crippen LogP contribution is -2.13. The Labute approximate surface area is 119 Å². The number of thioether (sulfide) groups is 1. The largest absolute Gasteiger partial charge is 0.383 e. The lowest BCUT2D eigenvalue weighted by atomic mass is 10.1. The van der Waals surface area contributed by atoms with Crippen LogP contribution in [0.25, 0.3) is 0 Å². The highest BCUT2D eigenvalue weighted by Gasteiger charge is 2.10. The number of anilines is 1. The van der Waals surface area contributed by atoms with E-state index in [0.717, 1.165) is 18.0 Å². The molecule has 0 bridgehead atoms. The monoisotopic (exact) mass is 276 g/mol. The summed E-state index contributed by atoms with van der Waals surface area (Å²) in [5, 5.41) is 12.3. The van der Waals surface area contributed by atoms with Gasteiger partial charge in [-0.05, 0) is 25.1 Å². The second-order valence-corrected chi connectivity index (χ2v) is 7.24. The fraction of sp³-hybridized carbons (Fsp3) is 0.467. The maximum atomic E-state index is 11.3. The molecule has 1 aromatic carbocycles. The summed E-state index contributed by atoms with van der Waals surface area (Å²) < 4.78 is 0.237. The number of rotatable bonds is 5. The van der Waals surface area contributed by atoms with Crippen molar-refractivity contribution in [2.75, 3.05) is 17.6 Å². The minimum atomic E-state index is 0.0107. The van der Waals surface area contributed by atoms with E-state index >= 15 is 0 Å². The van der Waals surface area contributed by atoms with Crippen LogP contribution in [-0.4, -0.2) is 22.8 Å². The number of carbonyl (C=O) groups is 1. The van der Waals surface area contributed by atoms with Crippen LogP contribution in [0.4, 0.5) is 5.69 Å². The summed E-state index contributed by atoms with van der Waals surface area (Å²) in [5.41, 5.74) is 1.94. The molecule has 0 saturated carbocycles. The quantitative estimate of drug-likeness (QED) is 0.658. The minimum Gasteiger partial charge on any atom is -0.383 e. The van der Waals surface area contributed by atoms with Gasteiger partial charge in [0, 0.05) is 22.6 Å². The molecule has 0 unspecified atom stereocenters. The van der Waals surface area contributed by atoms with Gasteiger partial charge in [0.25, 0.3) is 0 Å². The van der Waals surface area contributed by atoms with Crippen LogP contribution in [0.3, 0.4) is 0 Å². The molecule has 1 rings (SSSR count). The Balaban J connectivity index is 2.69. The van der Waals surface area contributed by atoms with Crippen LogP contribution in [-0.2, 0) is 0 Å². The van der Waals surface area contributed by atoms with Gasteiger partial charge in [-0.1, -0.05) is 20.8 Å². The molecule has 4 heteroatoms. The molecule has 1 N–H and O–H groups in total. The number of hydrogen-bond acceptors (Lipinski definition) is 4. The van der Waals surface area contributed by atoms with E-state index in [1.807, 2.05) is 11.8 Å². The molecule has 0 aromatic heterocycles. The van der Waals surface area contributed by atoms with E-state index in [9.17, 15) is 4.79 Å². The Hall–Kier alpha value is -1.47. The first-order valence-corrected chi connectivity index (χ1v) is 7.25. The number of benzene rings is 1. The summed E-state index contributed by atoms with van der Waals surface area (Å²) in [6.45, 7) is 8.83. The molecular formula is C15H20N2OS. The van der Waals surface area contributed by atoms with Gasteiger partial charge in [0.1, 0.15) is 6.07 Å². The molecule has 0 heterocycles. The summed E-state index contributed by atoms with van der Waals surface area (Å²) in [6, 6.07) is 7.27. The van der Waals surface area contributed by atoms with E-state index in [0.29, 0.717) is 11.1 Å². The third-order valence-corrected chi connectivity index (χ3v) is 3.77. The number of Topliss-reactive ketones (excluding diaryl/α,β-unsaturated/α-hetero) is 1. The fourth-order valence-corrected chi connectivity index (χ4v) is 2.37. The van der Waals surface area contributed by atoms with E-state index in [-0.39, 0.29) is 10.5 Å². The maximum Gasteiger partial charge on any atom is 0.159 e. The molecular weight excluding hydrogens is 256 g/mol. The van der Waals surface area contributed by atoms with Crippen molar-refractivity contribution < 1.29 is 4.79 Å². The van der Waals surface area contributed by atoms with Gasteiger partial charge < -0.3 is 5.32 Å². The van der Waals surface area contributed by atoms with E-state index in [1.165, 1.54) is 6.92 Å². The summed E-state index contributed by atoms with van der Waals surface area (Å²) in [5.74, 6) is 0.968. The van der Waals surface area contributed by atoms with Gasteiger partial charge in [-0.3, -0.25) is 4.79 Å². The number of ketones is 1. The van der Waals surface area contributed by atoms with Crippen molar-refractivity contribution in [1.82, 2.24) is 0 Å². The Bertz CT molecular complexity index is 498. The SMILES string of the molecule is CC(=O)c1ccc(C#N)c(NCCSC(C)(C)C)c1. The van der Waals surface area contributed by atoms with Gasteiger partial charge in [0.2, 0.25) is 0 Å². The van der Waals surface area contributed by atoms with E-state index < -0.39 is 0 Å². The fourth-order valence-electron chi connectivity index (χ4n) is 1.55. The first-order valence-electron chi connectivity index (χ1n) is 6.26. The van der Waals surface area contributed by atoms with Gasteiger partial charge in [-0.25, -0.2) is 0 Å². The third kappa shape index (κ3) is 5.35. The molecule has 0 saturated heterocycles. The molecule has 0 aliphatic rings. The Morgan fingerprint density at radius 3 is 2.63 bits per heavy atom. The van der Waals surface area contributed by atoms with Crippen molar-refractivity contribution in [3.63, 3.8) is 0 Å². The molecule has 0 amide bonds. The number of carbonyl (C=O) groups excluding carboxylic acids is 1. The zero-order valence-corrected chi connectivity index (χ0v) is 12.7. The summed E-state index contributed by atoms with van der Waals surface area (Å²) in [7, 11) is 0. The first kappa shape index (κ1) is 15.6. The van der Waals surface area contributed by atoms with Crippen molar-refractivity contribution in [3.8, 4) is 6.07 Å². The summed E-state index contributed by atoms with van der Waals surface area (Å²) in [6.07, 6.45) is 0. The van der Waals surface area contributed by atoms with Gasteiger partial charge in [0.05, 0.1) is 11.3 Å². The predicted molar refractivity (Wildman–Crippen MR) is 81.9 cm³/mol. The lowest BCUT2D eigenvalue weighted by molar-refractivity contribution is 0.101. The average Bonchev–Trinajstić information content (AvgIpc) is 2.33. The van der Waals surface area contributed by atoms with Gasteiger partial charge >= 0.3 is 0 Å². The molecule has 0 aliphatic heterocycles. The highest BCUT2D eigenvalue weighted by molar-refractivity contribution is 8.00. The van der Waals surface area contributed by atoms with Crippen molar-refractivity contribution in [1.29, 1.82) is 5.26 Å². The second-order valence-electron chi connectivity index (χ2n) is 5.32. The summed E-state index contributed by atoms with van der Waals surface area (Å²) in [4.78, 5) is 11.3. The minimum absolute atomic E-state index is 0.0107. The van der Waals surface area contributed by atoms with Gasteiger partial charge in [-0.2, -0.15) is 17.0 Å². The maximum absolute atomic E-state index is 11.3. The molecule has 1 aromatic rings. The third-order valence-electron chi connectivity index (χ3n) is 2.50. The smallest absolute Gasteiger partial charge is 0.159 e. The number of nitriles is 1. The van der Waals surface area contributed by atoms with Crippen molar-refractivity contribution in [2.45, 2.75) is 32.4 Å². The molecule has 102 valence electrons. The lowest BCUT2D eigenvalue weighted by Gasteiger charge is -2.18. The van der Waals surface area contributed by atoms with E-state index in [1.54, 1.807) is 18.2 Å². The van der Waals surface area contributed by atoms with E-state index in [4.69, 9.17) is 5.26 Å². The Morgan fingerprint density at radius 2 is 2.11 bits per heavy atom. The van der Waals surface area contributed by atoms with Crippen LogP contribution >= 0.6 is 11.8 Å². The second kappa shape index (κ2) is 6.63. The zero-order valence-electron chi connectivity index (χ0n) is 11.9. The van der Waals surface area contributed by atoms with E-state index in [2.05, 4.69) is 32.2 Å². The zero-order chi connectivity index (χ0) is 14.5. The molecule has 0 fully saturated rings. The Morgan fingerprint density at radius 1 is 1.42 bits per heavy atom. The highest BCUT2D eigenvalue weighted by Crippen LogP contribution is 2.23. The van der Waals surface area contributed by atoms with Crippen LogP contribution in [0, 0.1) is 11.3 Å². The van der Waals surface area contributed by atoms with Gasteiger partial charge in [0.15, 0.2) is 5.78 Å². The molecule has 0 aliphatic carbocycles. The normalized spacial score (nSPS) is 10.9. The van der Waals surface area contributed by atoms with Crippen LogP contribution in [0.2, 0.25) is 0 Å². The summed E-state index contributed by atoms with van der Waals surface area (Å²) >= 11 is 1.86. The van der Waals surface area contributed by atoms with Crippen molar-refractivity contribution in [3.05, 3.63) is 29.3 Å². The number of nitrogens with zero attached hydrogens (tertiary/aromatic N) is 1. The Kier molecular flexibility index (Phi) is 5.44. The standard InChI is InChI=1S/C15H20N2OS/c1-11(18)12-5-6-13(10-16)14(9-12)17-7-8-19-15(2,3)4/h5-6,9,17H,7-8H2,1-4H3. The number of nitrogens with one attached hydrogen (secondary N) is 1. The van der Waals surface area contributed by atoms with Crippen LogP contribution in [0.15, 0.2) is 18.2 Å². The number of hydrogen-bond donors (Lipinski definition) is 1. The van der Waals surface area contributed by atoms with Crippen LogP contribution in [0.1, 0.15) is 43.6 Å². The topological polar surface area (TPSA) is 52.9 Å². The molecule has 0 spiro atoms. The van der Waals surface area contributed by atoms with Gasteiger partial charge in [-0.15, -0.1) is 0 Å². The average molecular weight is 276 g/mol. The molecule has 0 atom stereocenters. The first-order chi connectivity index (χ1) is 8.83. The van der Waals surface area contributed by atoms with Crippen LogP contribution < -0.4 is 5.32 Å². The molecule has 0 radical (unpaired) electrons. The predicted octanol–water partition coefficient (Wildman–Crippen LogP) is 3.70. The highest BCUT2D eigenvalue weighted by atomic mass is 32.2. The molecule has 19 heavy (non-hydrogen) atoms.